The number of ether oxygens (including phenoxy) is 2. The molecular formula is C15H23NO4. The summed E-state index contributed by atoms with van der Waals surface area (Å²) in [6, 6.07) is 5.39. The second-order valence-electron chi connectivity index (χ2n) is 5.43. The molecule has 20 heavy (non-hydrogen) atoms. The lowest BCUT2D eigenvalue weighted by Gasteiger charge is -2.25. The number of carbonyl (C=O) groups is 1. The molecule has 0 radical (unpaired) electrons. The molecule has 112 valence electrons. The van der Waals surface area contributed by atoms with Gasteiger partial charge < -0.3 is 19.5 Å². The Labute approximate surface area is 120 Å². The minimum atomic E-state index is -0.901. The molecule has 5 nitrogen and oxygen atoms in total. The molecule has 0 bridgehead atoms. The van der Waals surface area contributed by atoms with Crippen LogP contribution in [0.2, 0.25) is 0 Å². The van der Waals surface area contributed by atoms with Gasteiger partial charge in [-0.2, -0.15) is 0 Å². The van der Waals surface area contributed by atoms with E-state index in [9.17, 15) is 9.90 Å². The monoisotopic (exact) mass is 281 g/mol. The molecule has 0 fully saturated rings. The number of aliphatic hydroxyl groups is 1. The number of hydrogen-bond donors (Lipinski definition) is 1. The first-order chi connectivity index (χ1) is 9.26. The number of methoxy groups -OCH3 is 2. The van der Waals surface area contributed by atoms with Crippen molar-refractivity contribution in [1.29, 1.82) is 0 Å². The molecule has 0 aliphatic rings. The maximum atomic E-state index is 12.1. The first kappa shape index (κ1) is 16.3. The lowest BCUT2D eigenvalue weighted by molar-refractivity contribution is -0.131. The standard InChI is InChI=1S/C15H23NO4/c1-15(2,18)10-16(3)14(17)9-11-6-7-12(19-4)13(8-11)20-5/h6-8,18H,9-10H2,1-5H3. The third-order valence-electron chi connectivity index (χ3n) is 2.85. The van der Waals surface area contributed by atoms with Crippen LogP contribution < -0.4 is 9.47 Å². The van der Waals surface area contributed by atoms with Gasteiger partial charge in [0.1, 0.15) is 0 Å². The average molecular weight is 281 g/mol. The molecule has 5 heteroatoms. The van der Waals surface area contributed by atoms with Crippen LogP contribution in [0, 0.1) is 0 Å². The van der Waals surface area contributed by atoms with E-state index in [1.54, 1.807) is 47.2 Å². The van der Waals surface area contributed by atoms with Gasteiger partial charge >= 0.3 is 0 Å². The summed E-state index contributed by atoms with van der Waals surface area (Å²) in [6.45, 7) is 3.64. The Bertz CT molecular complexity index is 465. The minimum Gasteiger partial charge on any atom is -0.493 e. The SMILES string of the molecule is COc1ccc(CC(=O)N(C)CC(C)(C)O)cc1OC. The van der Waals surface area contributed by atoms with E-state index in [0.29, 0.717) is 18.0 Å². The topological polar surface area (TPSA) is 59.0 Å². The van der Waals surface area contributed by atoms with Crippen LogP contribution in [0.25, 0.3) is 0 Å². The number of likely N-dealkylation sites (N-methyl/N-ethyl adjacent to an activating group) is 1. The molecule has 1 aromatic rings. The van der Waals surface area contributed by atoms with Crippen molar-refractivity contribution in [3.63, 3.8) is 0 Å². The first-order valence-electron chi connectivity index (χ1n) is 6.44. The summed E-state index contributed by atoms with van der Waals surface area (Å²) < 4.78 is 10.4. The molecule has 1 aromatic carbocycles. The fourth-order valence-corrected chi connectivity index (χ4v) is 1.97. The van der Waals surface area contributed by atoms with E-state index in [4.69, 9.17) is 9.47 Å². The molecule has 0 aliphatic carbocycles. The lowest BCUT2D eigenvalue weighted by Crippen LogP contribution is -2.40. The van der Waals surface area contributed by atoms with Gasteiger partial charge in [0, 0.05) is 13.6 Å². The Balaban J connectivity index is 2.75. The van der Waals surface area contributed by atoms with Gasteiger partial charge in [-0.25, -0.2) is 0 Å². The number of hydrogen-bond acceptors (Lipinski definition) is 4. The maximum Gasteiger partial charge on any atom is 0.226 e. The van der Waals surface area contributed by atoms with Crippen LogP contribution >= 0.6 is 0 Å². The first-order valence-corrected chi connectivity index (χ1v) is 6.44. The highest BCUT2D eigenvalue weighted by Gasteiger charge is 2.19. The number of carbonyl (C=O) groups excluding carboxylic acids is 1. The maximum absolute atomic E-state index is 12.1. The Morgan fingerprint density at radius 1 is 1.25 bits per heavy atom. The predicted molar refractivity (Wildman–Crippen MR) is 77.2 cm³/mol. The van der Waals surface area contributed by atoms with Gasteiger partial charge in [0.15, 0.2) is 11.5 Å². The summed E-state index contributed by atoms with van der Waals surface area (Å²) >= 11 is 0. The molecule has 0 unspecified atom stereocenters. The second-order valence-corrected chi connectivity index (χ2v) is 5.43. The van der Waals surface area contributed by atoms with E-state index < -0.39 is 5.60 Å². The molecule has 0 atom stereocenters. The van der Waals surface area contributed by atoms with Crippen molar-refractivity contribution in [2.24, 2.45) is 0 Å². The van der Waals surface area contributed by atoms with Crippen LogP contribution in [-0.2, 0) is 11.2 Å². The van der Waals surface area contributed by atoms with Gasteiger partial charge in [0.25, 0.3) is 0 Å². The number of benzene rings is 1. The van der Waals surface area contributed by atoms with Gasteiger partial charge in [0.2, 0.25) is 5.91 Å². The zero-order valence-corrected chi connectivity index (χ0v) is 12.8. The quantitative estimate of drug-likeness (QED) is 0.858. The highest BCUT2D eigenvalue weighted by Crippen LogP contribution is 2.27. The molecule has 1 rings (SSSR count). The third kappa shape index (κ3) is 4.74. The Morgan fingerprint density at radius 3 is 2.35 bits per heavy atom. The average Bonchev–Trinajstić information content (AvgIpc) is 2.36. The van der Waals surface area contributed by atoms with E-state index in [0.717, 1.165) is 5.56 Å². The second kappa shape index (κ2) is 6.61. The van der Waals surface area contributed by atoms with Crippen molar-refractivity contribution < 1.29 is 19.4 Å². The number of rotatable bonds is 6. The van der Waals surface area contributed by atoms with Gasteiger partial charge in [-0.05, 0) is 31.5 Å². The summed E-state index contributed by atoms with van der Waals surface area (Å²) in [4.78, 5) is 13.6. The smallest absolute Gasteiger partial charge is 0.226 e. The van der Waals surface area contributed by atoms with E-state index in [2.05, 4.69) is 0 Å². The van der Waals surface area contributed by atoms with Gasteiger partial charge in [-0.1, -0.05) is 6.07 Å². The molecule has 0 saturated carbocycles. The Kier molecular flexibility index (Phi) is 5.39. The fourth-order valence-electron chi connectivity index (χ4n) is 1.97. The lowest BCUT2D eigenvalue weighted by atomic mass is 10.1. The van der Waals surface area contributed by atoms with E-state index >= 15 is 0 Å². The Morgan fingerprint density at radius 2 is 1.85 bits per heavy atom. The zero-order chi connectivity index (χ0) is 15.3. The zero-order valence-electron chi connectivity index (χ0n) is 12.8. The fraction of sp³-hybridized carbons (Fsp3) is 0.533. The molecule has 0 saturated heterocycles. The van der Waals surface area contributed by atoms with Gasteiger partial charge in [0.05, 0.1) is 26.2 Å². The van der Waals surface area contributed by atoms with Crippen LogP contribution in [-0.4, -0.2) is 49.3 Å². The van der Waals surface area contributed by atoms with Crippen molar-refractivity contribution in [2.45, 2.75) is 25.9 Å². The van der Waals surface area contributed by atoms with Gasteiger partial charge in [-0.15, -0.1) is 0 Å². The van der Waals surface area contributed by atoms with E-state index in [-0.39, 0.29) is 12.3 Å². The van der Waals surface area contributed by atoms with Crippen molar-refractivity contribution >= 4 is 5.91 Å². The molecule has 1 amide bonds. The highest BCUT2D eigenvalue weighted by molar-refractivity contribution is 5.78. The minimum absolute atomic E-state index is 0.0562. The van der Waals surface area contributed by atoms with E-state index in [1.807, 2.05) is 6.07 Å². The van der Waals surface area contributed by atoms with Crippen LogP contribution in [0.3, 0.4) is 0 Å². The predicted octanol–water partition coefficient (Wildman–Crippen LogP) is 1.48. The normalized spacial score (nSPS) is 11.1. The largest absolute Gasteiger partial charge is 0.493 e. The molecule has 0 aromatic heterocycles. The van der Waals surface area contributed by atoms with Crippen molar-refractivity contribution in [3.8, 4) is 11.5 Å². The van der Waals surface area contributed by atoms with Crippen molar-refractivity contribution in [3.05, 3.63) is 23.8 Å². The molecule has 0 aliphatic heterocycles. The van der Waals surface area contributed by atoms with Crippen LogP contribution in [0.15, 0.2) is 18.2 Å². The van der Waals surface area contributed by atoms with Crippen molar-refractivity contribution in [2.75, 3.05) is 27.8 Å². The molecule has 1 N–H and O–H groups in total. The van der Waals surface area contributed by atoms with Crippen molar-refractivity contribution in [1.82, 2.24) is 4.90 Å². The summed E-state index contributed by atoms with van der Waals surface area (Å²) in [5.41, 5.74) is -0.0580. The summed E-state index contributed by atoms with van der Waals surface area (Å²) in [5.74, 6) is 1.18. The molecule has 0 spiro atoms. The van der Waals surface area contributed by atoms with E-state index in [1.165, 1.54) is 4.90 Å². The molecular weight excluding hydrogens is 258 g/mol. The Hall–Kier alpha value is -1.75. The van der Waals surface area contributed by atoms with Crippen LogP contribution in [0.1, 0.15) is 19.4 Å². The highest BCUT2D eigenvalue weighted by atomic mass is 16.5. The van der Waals surface area contributed by atoms with Gasteiger partial charge in [-0.3, -0.25) is 4.79 Å². The van der Waals surface area contributed by atoms with Crippen LogP contribution in [0.5, 0.6) is 11.5 Å². The van der Waals surface area contributed by atoms with Crippen LogP contribution in [0.4, 0.5) is 0 Å². The number of nitrogens with zero attached hydrogens (tertiary/aromatic N) is 1. The number of amides is 1. The third-order valence-corrected chi connectivity index (χ3v) is 2.85. The summed E-state index contributed by atoms with van der Waals surface area (Å²) in [5, 5.41) is 9.72. The summed E-state index contributed by atoms with van der Waals surface area (Å²) in [7, 11) is 4.81. The summed E-state index contributed by atoms with van der Waals surface area (Å²) in [6.07, 6.45) is 0.257. The molecule has 0 heterocycles.